The van der Waals surface area contributed by atoms with E-state index in [1.54, 1.807) is 0 Å². The van der Waals surface area contributed by atoms with Gasteiger partial charge in [0.05, 0.1) is 12.7 Å². The smallest absolute Gasteiger partial charge is 0.120 e. The van der Waals surface area contributed by atoms with Gasteiger partial charge in [0.25, 0.3) is 0 Å². The average Bonchev–Trinajstić information content (AvgIpc) is 3.00. The molecule has 1 aliphatic carbocycles. The Kier molecular flexibility index (Phi) is 3.97. The number of hydrogen-bond donors (Lipinski definition) is 1. The topological polar surface area (TPSA) is 33.7 Å². The predicted octanol–water partition coefficient (Wildman–Crippen LogP) is 0.984. The monoisotopic (exact) mass is 214 g/mol. The number of ether oxygens (including phenoxy) is 2. The van der Waals surface area contributed by atoms with Crippen molar-refractivity contribution < 1.29 is 9.47 Å². The summed E-state index contributed by atoms with van der Waals surface area (Å²) in [6.45, 7) is 4.71. The van der Waals surface area contributed by atoms with Crippen molar-refractivity contribution in [2.45, 2.75) is 38.5 Å². The first-order valence-electron chi connectivity index (χ1n) is 5.95. The minimum atomic E-state index is 0.127. The van der Waals surface area contributed by atoms with Gasteiger partial charge in [-0.1, -0.05) is 0 Å². The number of nitrogens with zero attached hydrogens (tertiary/aromatic N) is 1. The van der Waals surface area contributed by atoms with Crippen molar-refractivity contribution in [3.8, 4) is 0 Å². The summed E-state index contributed by atoms with van der Waals surface area (Å²) in [5, 5.41) is 2.01. The van der Waals surface area contributed by atoms with Crippen LogP contribution >= 0.6 is 0 Å². The lowest BCUT2D eigenvalue weighted by Crippen LogP contribution is -2.40. The zero-order valence-corrected chi connectivity index (χ0v) is 9.74. The minimum Gasteiger partial charge on any atom is -0.378 e. The predicted molar refractivity (Wildman–Crippen MR) is 58.3 cm³/mol. The van der Waals surface area contributed by atoms with Crippen molar-refractivity contribution >= 4 is 0 Å². The molecule has 2 unspecified atom stereocenters. The molecule has 1 N–H and O–H groups in total. The average molecular weight is 214 g/mol. The van der Waals surface area contributed by atoms with Gasteiger partial charge in [-0.2, -0.15) is 0 Å². The molecule has 0 aromatic rings. The molecular weight excluding hydrogens is 192 g/mol. The van der Waals surface area contributed by atoms with E-state index in [9.17, 15) is 0 Å². The van der Waals surface area contributed by atoms with Gasteiger partial charge in [0.15, 0.2) is 0 Å². The van der Waals surface area contributed by atoms with E-state index in [1.807, 2.05) is 12.1 Å². The molecule has 0 spiro atoms. The Bertz CT molecular complexity index is 197. The van der Waals surface area contributed by atoms with Crippen molar-refractivity contribution in [3.05, 3.63) is 0 Å². The Labute approximate surface area is 91.9 Å². The molecule has 2 atom stereocenters. The zero-order chi connectivity index (χ0) is 10.7. The minimum absolute atomic E-state index is 0.127. The molecule has 2 aliphatic rings. The second kappa shape index (κ2) is 5.25. The summed E-state index contributed by atoms with van der Waals surface area (Å²) in [5.41, 5.74) is 3.29. The highest BCUT2D eigenvalue weighted by atomic mass is 16.5. The van der Waals surface area contributed by atoms with Crippen LogP contribution in [0.15, 0.2) is 0 Å². The first kappa shape index (κ1) is 11.3. The molecule has 1 aliphatic heterocycles. The van der Waals surface area contributed by atoms with Crippen molar-refractivity contribution in [2.75, 3.05) is 26.8 Å². The molecule has 0 aromatic carbocycles. The van der Waals surface area contributed by atoms with Crippen LogP contribution in [0.25, 0.3) is 0 Å². The van der Waals surface area contributed by atoms with Gasteiger partial charge in [0.2, 0.25) is 0 Å². The van der Waals surface area contributed by atoms with Crippen LogP contribution in [-0.2, 0) is 9.47 Å². The summed E-state index contributed by atoms with van der Waals surface area (Å²) in [7, 11) is 2.01. The van der Waals surface area contributed by atoms with Gasteiger partial charge < -0.3 is 9.47 Å². The summed E-state index contributed by atoms with van der Waals surface area (Å²) >= 11 is 0. The van der Waals surface area contributed by atoms with E-state index in [2.05, 4.69) is 12.3 Å². The molecule has 1 heterocycles. The molecule has 2 rings (SSSR count). The Morgan fingerprint density at radius 3 is 2.87 bits per heavy atom. The molecule has 1 saturated carbocycles. The van der Waals surface area contributed by atoms with Crippen LogP contribution in [0.2, 0.25) is 0 Å². The molecule has 4 nitrogen and oxygen atoms in total. The van der Waals surface area contributed by atoms with Gasteiger partial charge in [0, 0.05) is 20.2 Å². The Hall–Kier alpha value is -0.160. The molecular formula is C11H22N2O2. The number of hydrogen-bond acceptors (Lipinski definition) is 4. The third-order valence-electron chi connectivity index (χ3n) is 3.12. The van der Waals surface area contributed by atoms with Crippen LogP contribution in [-0.4, -0.2) is 44.1 Å². The normalized spacial score (nSPS) is 34.0. The van der Waals surface area contributed by atoms with E-state index in [0.717, 1.165) is 32.1 Å². The van der Waals surface area contributed by atoms with Crippen molar-refractivity contribution in [1.82, 2.24) is 10.4 Å². The van der Waals surface area contributed by atoms with Gasteiger partial charge in [-0.3, -0.25) is 5.43 Å². The highest BCUT2D eigenvalue weighted by Crippen LogP contribution is 2.28. The van der Waals surface area contributed by atoms with Crippen LogP contribution in [0.1, 0.15) is 26.2 Å². The highest BCUT2D eigenvalue weighted by molar-refractivity contribution is 4.73. The second-order valence-electron chi connectivity index (χ2n) is 4.65. The third kappa shape index (κ3) is 3.72. The van der Waals surface area contributed by atoms with Gasteiger partial charge in [-0.05, 0) is 32.1 Å². The SMILES string of the molecule is CC1OC(COCC2CC2)CCNN1C. The van der Waals surface area contributed by atoms with E-state index >= 15 is 0 Å². The summed E-state index contributed by atoms with van der Waals surface area (Å²) in [5.74, 6) is 0.842. The largest absolute Gasteiger partial charge is 0.378 e. The molecule has 0 amide bonds. The van der Waals surface area contributed by atoms with Gasteiger partial charge in [-0.15, -0.1) is 0 Å². The molecule has 1 saturated heterocycles. The van der Waals surface area contributed by atoms with Crippen molar-refractivity contribution in [3.63, 3.8) is 0 Å². The zero-order valence-electron chi connectivity index (χ0n) is 9.74. The summed E-state index contributed by atoms with van der Waals surface area (Å²) in [4.78, 5) is 0. The van der Waals surface area contributed by atoms with Crippen LogP contribution in [0, 0.1) is 5.92 Å². The Balaban J connectivity index is 1.66. The van der Waals surface area contributed by atoms with Crippen molar-refractivity contribution in [2.24, 2.45) is 5.92 Å². The van der Waals surface area contributed by atoms with E-state index in [-0.39, 0.29) is 12.3 Å². The lowest BCUT2D eigenvalue weighted by molar-refractivity contribution is -0.102. The highest BCUT2D eigenvalue weighted by Gasteiger charge is 2.24. The summed E-state index contributed by atoms with van der Waals surface area (Å²) in [6.07, 6.45) is 4.11. The first-order chi connectivity index (χ1) is 7.25. The maximum absolute atomic E-state index is 5.86. The van der Waals surface area contributed by atoms with Crippen LogP contribution in [0.5, 0.6) is 0 Å². The molecule has 2 fully saturated rings. The fraction of sp³-hybridized carbons (Fsp3) is 1.00. The molecule has 4 heteroatoms. The second-order valence-corrected chi connectivity index (χ2v) is 4.65. The molecule has 0 aromatic heterocycles. The molecule has 88 valence electrons. The van der Waals surface area contributed by atoms with Crippen LogP contribution in [0.4, 0.5) is 0 Å². The number of rotatable bonds is 4. The van der Waals surface area contributed by atoms with Crippen molar-refractivity contribution in [1.29, 1.82) is 0 Å². The fourth-order valence-electron chi connectivity index (χ4n) is 1.74. The lowest BCUT2D eigenvalue weighted by Gasteiger charge is -2.24. The van der Waals surface area contributed by atoms with Gasteiger partial charge >= 0.3 is 0 Å². The maximum Gasteiger partial charge on any atom is 0.120 e. The molecule has 0 bridgehead atoms. The molecule has 0 radical (unpaired) electrons. The number of nitrogens with one attached hydrogen (secondary N) is 1. The fourth-order valence-corrected chi connectivity index (χ4v) is 1.74. The Morgan fingerprint density at radius 2 is 2.13 bits per heavy atom. The van der Waals surface area contributed by atoms with E-state index in [0.29, 0.717) is 0 Å². The van der Waals surface area contributed by atoms with Gasteiger partial charge in [-0.25, -0.2) is 5.01 Å². The third-order valence-corrected chi connectivity index (χ3v) is 3.12. The summed E-state index contributed by atoms with van der Waals surface area (Å²) in [6, 6.07) is 0. The van der Waals surface area contributed by atoms with E-state index < -0.39 is 0 Å². The lowest BCUT2D eigenvalue weighted by atomic mass is 10.2. The quantitative estimate of drug-likeness (QED) is 0.756. The van der Waals surface area contributed by atoms with Crippen LogP contribution < -0.4 is 5.43 Å². The van der Waals surface area contributed by atoms with Gasteiger partial charge in [0.1, 0.15) is 6.23 Å². The standard InChI is InChI=1S/C11H22N2O2/c1-9-13(2)12-6-5-11(15-9)8-14-7-10-3-4-10/h9-12H,3-8H2,1-2H3. The van der Waals surface area contributed by atoms with E-state index in [4.69, 9.17) is 9.47 Å². The maximum atomic E-state index is 5.86. The van der Waals surface area contributed by atoms with E-state index in [1.165, 1.54) is 12.8 Å². The first-order valence-corrected chi connectivity index (χ1v) is 5.95. The number of hydrazine groups is 1. The van der Waals surface area contributed by atoms with Crippen LogP contribution in [0.3, 0.4) is 0 Å². The molecule has 15 heavy (non-hydrogen) atoms. The Morgan fingerprint density at radius 1 is 1.33 bits per heavy atom. The summed E-state index contributed by atoms with van der Waals surface area (Å²) < 4.78 is 11.5.